The number of carbonyl (C=O) groups excluding carboxylic acids is 2. The van der Waals surface area contributed by atoms with Gasteiger partial charge in [-0.1, -0.05) is 50.6 Å². The first-order valence-electron chi connectivity index (χ1n) is 7.71. The molecule has 0 aliphatic carbocycles. The largest absolute Gasteiger partial charge is 0.456 e. The Balaban J connectivity index is 1.87. The lowest BCUT2D eigenvalue weighted by Crippen LogP contribution is -2.23. The number of benzene rings is 1. The Morgan fingerprint density at radius 2 is 1.88 bits per heavy atom. The lowest BCUT2D eigenvalue weighted by molar-refractivity contribution is -0.149. The number of rotatable bonds is 5. The van der Waals surface area contributed by atoms with Crippen molar-refractivity contribution in [2.24, 2.45) is 5.41 Å². The molecule has 2 rings (SSSR count). The van der Waals surface area contributed by atoms with E-state index >= 15 is 0 Å². The van der Waals surface area contributed by atoms with Crippen molar-refractivity contribution in [3.05, 3.63) is 35.2 Å². The molecule has 1 N–H and O–H groups in total. The van der Waals surface area contributed by atoms with Gasteiger partial charge in [-0.3, -0.25) is 14.9 Å². The molecule has 0 fully saturated rings. The molecule has 5 nitrogen and oxygen atoms in total. The van der Waals surface area contributed by atoms with Crippen LogP contribution in [0.15, 0.2) is 29.6 Å². The molecule has 0 radical (unpaired) electrons. The van der Waals surface area contributed by atoms with Crippen LogP contribution < -0.4 is 5.32 Å². The lowest BCUT2D eigenvalue weighted by atomic mass is 9.93. The maximum absolute atomic E-state index is 11.9. The number of aromatic nitrogens is 1. The molecule has 1 heterocycles. The fraction of sp³-hybridized carbons (Fsp3) is 0.389. The van der Waals surface area contributed by atoms with Crippen LogP contribution in [0.4, 0.5) is 5.13 Å². The molecule has 128 valence electrons. The van der Waals surface area contributed by atoms with Crippen molar-refractivity contribution in [3.8, 4) is 11.3 Å². The average Bonchev–Trinajstić information content (AvgIpc) is 2.92. The Kier molecular flexibility index (Phi) is 5.72. The summed E-state index contributed by atoms with van der Waals surface area (Å²) in [4.78, 5) is 27.9. The summed E-state index contributed by atoms with van der Waals surface area (Å²) in [7, 11) is 0. The molecule has 0 unspecified atom stereocenters. The Labute approximate surface area is 146 Å². The third-order valence-electron chi connectivity index (χ3n) is 3.14. The Morgan fingerprint density at radius 1 is 1.21 bits per heavy atom. The minimum atomic E-state index is -0.387. The molecule has 1 aromatic carbocycles. The first kappa shape index (κ1) is 18.1. The average molecular weight is 346 g/mol. The Bertz CT molecular complexity index is 715. The fourth-order valence-corrected chi connectivity index (χ4v) is 2.71. The van der Waals surface area contributed by atoms with Crippen LogP contribution in [0, 0.1) is 12.3 Å². The molecule has 2 aromatic rings. The predicted molar refractivity (Wildman–Crippen MR) is 95.9 cm³/mol. The molecule has 24 heavy (non-hydrogen) atoms. The molecule has 0 aliphatic rings. The summed E-state index contributed by atoms with van der Waals surface area (Å²) < 4.78 is 4.98. The van der Waals surface area contributed by atoms with E-state index in [-0.39, 0.29) is 30.3 Å². The van der Waals surface area contributed by atoms with Crippen molar-refractivity contribution in [2.75, 3.05) is 11.9 Å². The lowest BCUT2D eigenvalue weighted by Gasteiger charge is -2.16. The topological polar surface area (TPSA) is 68.3 Å². The summed E-state index contributed by atoms with van der Waals surface area (Å²) in [6.45, 7) is 7.55. The number of anilines is 1. The standard InChI is InChI=1S/C18H22N2O3S/c1-12-5-7-13(8-6-12)14-11-24-17(19-14)20-15(21)10-23-16(22)9-18(2,3)4/h5-8,11H,9-10H2,1-4H3,(H,19,20,21). The van der Waals surface area contributed by atoms with Crippen molar-refractivity contribution in [2.45, 2.75) is 34.1 Å². The van der Waals surface area contributed by atoms with Crippen LogP contribution in [-0.2, 0) is 14.3 Å². The summed E-state index contributed by atoms with van der Waals surface area (Å²) >= 11 is 1.34. The van der Waals surface area contributed by atoms with Gasteiger partial charge in [-0.25, -0.2) is 4.98 Å². The molecular weight excluding hydrogens is 324 g/mol. The number of nitrogens with one attached hydrogen (secondary N) is 1. The number of amides is 1. The molecule has 0 bridgehead atoms. The maximum atomic E-state index is 11.9. The summed E-state index contributed by atoms with van der Waals surface area (Å²) in [5.74, 6) is -0.765. The second-order valence-corrected chi connectivity index (χ2v) is 7.71. The Hall–Kier alpha value is -2.21. The van der Waals surface area contributed by atoms with Crippen molar-refractivity contribution >= 4 is 28.3 Å². The third-order valence-corrected chi connectivity index (χ3v) is 3.89. The van der Waals surface area contributed by atoms with Crippen LogP contribution in [0.3, 0.4) is 0 Å². The van der Waals surface area contributed by atoms with Gasteiger partial charge in [0.2, 0.25) is 0 Å². The van der Waals surface area contributed by atoms with Crippen LogP contribution in [0.2, 0.25) is 0 Å². The van der Waals surface area contributed by atoms with Gasteiger partial charge in [0.1, 0.15) is 0 Å². The number of hydrogen-bond donors (Lipinski definition) is 1. The first-order valence-corrected chi connectivity index (χ1v) is 8.59. The molecule has 0 saturated carbocycles. The van der Waals surface area contributed by atoms with Gasteiger partial charge >= 0.3 is 5.97 Å². The molecule has 1 amide bonds. The van der Waals surface area contributed by atoms with E-state index in [9.17, 15) is 9.59 Å². The third kappa shape index (κ3) is 5.77. The fourth-order valence-electron chi connectivity index (χ4n) is 1.97. The van der Waals surface area contributed by atoms with Gasteiger partial charge in [-0.2, -0.15) is 0 Å². The van der Waals surface area contributed by atoms with Crippen LogP contribution in [0.1, 0.15) is 32.8 Å². The van der Waals surface area contributed by atoms with Gasteiger partial charge in [0.25, 0.3) is 5.91 Å². The number of aryl methyl sites for hydroxylation is 1. The second-order valence-electron chi connectivity index (χ2n) is 6.85. The van der Waals surface area contributed by atoms with Gasteiger partial charge in [-0.05, 0) is 12.3 Å². The van der Waals surface area contributed by atoms with Crippen LogP contribution in [0.5, 0.6) is 0 Å². The highest BCUT2D eigenvalue weighted by Crippen LogP contribution is 2.25. The smallest absolute Gasteiger partial charge is 0.306 e. The van der Waals surface area contributed by atoms with Gasteiger partial charge in [0.05, 0.1) is 12.1 Å². The van der Waals surface area contributed by atoms with Gasteiger partial charge in [-0.15, -0.1) is 11.3 Å². The molecule has 6 heteroatoms. The highest BCUT2D eigenvalue weighted by molar-refractivity contribution is 7.14. The number of carbonyl (C=O) groups is 2. The van der Waals surface area contributed by atoms with Crippen LogP contribution >= 0.6 is 11.3 Å². The van der Waals surface area contributed by atoms with Crippen molar-refractivity contribution in [1.82, 2.24) is 4.98 Å². The minimum absolute atomic E-state index is 0.161. The highest BCUT2D eigenvalue weighted by Gasteiger charge is 2.18. The summed E-state index contributed by atoms with van der Waals surface area (Å²) in [5, 5.41) is 5.02. The van der Waals surface area contributed by atoms with E-state index in [0.717, 1.165) is 11.3 Å². The zero-order valence-corrected chi connectivity index (χ0v) is 15.2. The van der Waals surface area contributed by atoms with Gasteiger partial charge in [0, 0.05) is 10.9 Å². The van der Waals surface area contributed by atoms with Crippen LogP contribution in [-0.4, -0.2) is 23.5 Å². The van der Waals surface area contributed by atoms with Crippen molar-refractivity contribution in [1.29, 1.82) is 0 Å². The molecule has 1 aromatic heterocycles. The van der Waals surface area contributed by atoms with E-state index in [2.05, 4.69) is 10.3 Å². The quantitative estimate of drug-likeness (QED) is 0.830. The molecule has 0 atom stereocenters. The maximum Gasteiger partial charge on any atom is 0.306 e. The molecule has 0 saturated heterocycles. The summed E-state index contributed by atoms with van der Waals surface area (Å²) in [5.41, 5.74) is 2.82. The second kappa shape index (κ2) is 7.57. The van der Waals surface area contributed by atoms with Crippen molar-refractivity contribution < 1.29 is 14.3 Å². The highest BCUT2D eigenvalue weighted by atomic mass is 32.1. The number of esters is 1. The number of hydrogen-bond acceptors (Lipinski definition) is 5. The Morgan fingerprint density at radius 3 is 2.50 bits per heavy atom. The minimum Gasteiger partial charge on any atom is -0.456 e. The summed E-state index contributed by atoms with van der Waals surface area (Å²) in [6, 6.07) is 8.01. The predicted octanol–water partition coefficient (Wildman–Crippen LogP) is 4.04. The van der Waals surface area contributed by atoms with E-state index < -0.39 is 0 Å². The van der Waals surface area contributed by atoms with E-state index in [4.69, 9.17) is 4.74 Å². The van der Waals surface area contributed by atoms with Crippen molar-refractivity contribution in [3.63, 3.8) is 0 Å². The molecule has 0 spiro atoms. The van der Waals surface area contributed by atoms with Gasteiger partial charge < -0.3 is 4.74 Å². The normalized spacial score (nSPS) is 11.2. The SMILES string of the molecule is Cc1ccc(-c2csc(NC(=O)COC(=O)CC(C)(C)C)n2)cc1. The van der Waals surface area contributed by atoms with Gasteiger partial charge in [0.15, 0.2) is 11.7 Å². The first-order chi connectivity index (χ1) is 11.2. The zero-order valence-electron chi connectivity index (χ0n) is 14.4. The van der Waals surface area contributed by atoms with Crippen LogP contribution in [0.25, 0.3) is 11.3 Å². The number of thiazole rings is 1. The zero-order chi connectivity index (χ0) is 17.7. The number of ether oxygens (including phenoxy) is 1. The van der Waals surface area contributed by atoms with E-state index in [1.165, 1.54) is 16.9 Å². The van der Waals surface area contributed by atoms with E-state index in [1.54, 1.807) is 0 Å². The molecular formula is C18H22N2O3S. The molecule has 0 aliphatic heterocycles. The summed E-state index contributed by atoms with van der Waals surface area (Å²) in [6.07, 6.45) is 0.273. The van der Waals surface area contributed by atoms with E-state index in [0.29, 0.717) is 5.13 Å². The van der Waals surface area contributed by atoms with E-state index in [1.807, 2.05) is 57.3 Å². The number of nitrogens with zero attached hydrogens (tertiary/aromatic N) is 1. The monoisotopic (exact) mass is 346 g/mol.